The summed E-state index contributed by atoms with van der Waals surface area (Å²) >= 11 is 0. The monoisotopic (exact) mass is 237 g/mol. The number of carbonyl (C=O) groups excluding carboxylic acids is 1. The molecule has 1 N–H and O–H groups in total. The fraction of sp³-hybridized carbons (Fsp3) is 0.462. The van der Waals surface area contributed by atoms with Gasteiger partial charge < -0.3 is 14.8 Å². The van der Waals surface area contributed by atoms with Crippen LogP contribution in [0.15, 0.2) is 24.3 Å². The van der Waals surface area contributed by atoms with Gasteiger partial charge in [-0.25, -0.2) is 0 Å². The van der Waals surface area contributed by atoms with Gasteiger partial charge in [-0.2, -0.15) is 0 Å². The van der Waals surface area contributed by atoms with Crippen molar-refractivity contribution >= 4 is 11.7 Å². The van der Waals surface area contributed by atoms with E-state index in [4.69, 9.17) is 9.47 Å². The number of para-hydroxylation sites is 2. The SMILES string of the molecule is CCOC(=O)CCCOc1ccccc1NC. The summed E-state index contributed by atoms with van der Waals surface area (Å²) in [7, 11) is 1.85. The molecular formula is C13H19NO3. The number of hydrogen-bond donors (Lipinski definition) is 1. The van der Waals surface area contributed by atoms with Crippen LogP contribution in [0.4, 0.5) is 5.69 Å². The van der Waals surface area contributed by atoms with Crippen LogP contribution < -0.4 is 10.1 Å². The maximum atomic E-state index is 11.1. The molecule has 0 atom stereocenters. The molecule has 0 amide bonds. The van der Waals surface area contributed by atoms with Gasteiger partial charge in [0.25, 0.3) is 0 Å². The number of rotatable bonds is 7. The highest BCUT2D eigenvalue weighted by Crippen LogP contribution is 2.22. The molecule has 1 aromatic carbocycles. The zero-order valence-corrected chi connectivity index (χ0v) is 10.4. The second kappa shape index (κ2) is 7.54. The van der Waals surface area contributed by atoms with Crippen molar-refractivity contribution in [1.29, 1.82) is 0 Å². The number of nitrogens with one attached hydrogen (secondary N) is 1. The van der Waals surface area contributed by atoms with Gasteiger partial charge in [0.1, 0.15) is 5.75 Å². The highest BCUT2D eigenvalue weighted by molar-refractivity contribution is 5.69. The summed E-state index contributed by atoms with van der Waals surface area (Å²) in [5, 5.41) is 3.05. The van der Waals surface area contributed by atoms with E-state index in [1.165, 1.54) is 0 Å². The van der Waals surface area contributed by atoms with Crippen LogP contribution in [0.2, 0.25) is 0 Å². The Labute approximate surface area is 102 Å². The number of ether oxygens (including phenoxy) is 2. The van der Waals surface area contributed by atoms with E-state index < -0.39 is 0 Å². The molecule has 94 valence electrons. The van der Waals surface area contributed by atoms with E-state index >= 15 is 0 Å². The van der Waals surface area contributed by atoms with Crippen LogP contribution >= 0.6 is 0 Å². The van der Waals surface area contributed by atoms with E-state index in [2.05, 4.69) is 5.32 Å². The Hall–Kier alpha value is -1.71. The van der Waals surface area contributed by atoms with Crippen LogP contribution in [-0.4, -0.2) is 26.2 Å². The summed E-state index contributed by atoms with van der Waals surface area (Å²) in [6, 6.07) is 7.70. The van der Waals surface area contributed by atoms with Crippen molar-refractivity contribution in [3.8, 4) is 5.75 Å². The van der Waals surface area contributed by atoms with Crippen LogP contribution in [-0.2, 0) is 9.53 Å². The summed E-state index contributed by atoms with van der Waals surface area (Å²) in [4.78, 5) is 11.1. The molecule has 0 spiro atoms. The van der Waals surface area contributed by atoms with Crippen LogP contribution in [0, 0.1) is 0 Å². The quantitative estimate of drug-likeness (QED) is 0.584. The molecule has 0 aliphatic rings. The predicted octanol–water partition coefficient (Wildman–Crippen LogP) is 2.45. The summed E-state index contributed by atoms with van der Waals surface area (Å²) < 4.78 is 10.4. The number of esters is 1. The Morgan fingerprint density at radius 2 is 2.12 bits per heavy atom. The van der Waals surface area contributed by atoms with Gasteiger partial charge in [0.2, 0.25) is 0 Å². The van der Waals surface area contributed by atoms with Gasteiger partial charge in [-0.1, -0.05) is 12.1 Å². The summed E-state index contributed by atoms with van der Waals surface area (Å²) in [5.41, 5.74) is 0.948. The van der Waals surface area contributed by atoms with Crippen molar-refractivity contribution in [3.63, 3.8) is 0 Å². The Kier molecular flexibility index (Phi) is 5.93. The smallest absolute Gasteiger partial charge is 0.305 e. The van der Waals surface area contributed by atoms with Gasteiger partial charge in [-0.05, 0) is 25.5 Å². The number of benzene rings is 1. The molecule has 4 nitrogen and oxygen atoms in total. The molecule has 0 unspecified atom stereocenters. The number of hydrogen-bond acceptors (Lipinski definition) is 4. The third kappa shape index (κ3) is 4.76. The first kappa shape index (κ1) is 13.4. The van der Waals surface area contributed by atoms with Gasteiger partial charge in [0.05, 0.1) is 18.9 Å². The molecule has 0 heterocycles. The molecule has 4 heteroatoms. The number of anilines is 1. The minimum absolute atomic E-state index is 0.169. The van der Waals surface area contributed by atoms with Gasteiger partial charge in [-0.3, -0.25) is 4.79 Å². The third-order valence-electron chi connectivity index (χ3n) is 2.24. The topological polar surface area (TPSA) is 47.6 Å². The summed E-state index contributed by atoms with van der Waals surface area (Å²) in [6.07, 6.45) is 1.06. The van der Waals surface area contributed by atoms with Gasteiger partial charge in [-0.15, -0.1) is 0 Å². The fourth-order valence-electron chi connectivity index (χ4n) is 1.43. The van der Waals surface area contributed by atoms with Crippen molar-refractivity contribution in [2.45, 2.75) is 19.8 Å². The van der Waals surface area contributed by atoms with E-state index in [1.54, 1.807) is 6.92 Å². The first-order chi connectivity index (χ1) is 8.27. The van der Waals surface area contributed by atoms with Crippen molar-refractivity contribution in [1.82, 2.24) is 0 Å². The van der Waals surface area contributed by atoms with Crippen molar-refractivity contribution in [2.75, 3.05) is 25.6 Å². The third-order valence-corrected chi connectivity index (χ3v) is 2.24. The van der Waals surface area contributed by atoms with E-state index in [0.29, 0.717) is 26.1 Å². The molecule has 0 bridgehead atoms. The average Bonchev–Trinajstić information content (AvgIpc) is 2.35. The number of carbonyl (C=O) groups is 1. The lowest BCUT2D eigenvalue weighted by Gasteiger charge is -2.10. The molecule has 1 rings (SSSR count). The lowest BCUT2D eigenvalue weighted by molar-refractivity contribution is -0.143. The maximum Gasteiger partial charge on any atom is 0.305 e. The molecule has 0 saturated heterocycles. The highest BCUT2D eigenvalue weighted by atomic mass is 16.5. The molecule has 0 aromatic heterocycles. The minimum atomic E-state index is -0.169. The molecule has 0 saturated carbocycles. The predicted molar refractivity (Wildman–Crippen MR) is 67.4 cm³/mol. The van der Waals surface area contributed by atoms with Crippen molar-refractivity contribution in [2.24, 2.45) is 0 Å². The van der Waals surface area contributed by atoms with Crippen LogP contribution in [0.3, 0.4) is 0 Å². The van der Waals surface area contributed by atoms with Crippen LogP contribution in [0.25, 0.3) is 0 Å². The van der Waals surface area contributed by atoms with E-state index in [1.807, 2.05) is 31.3 Å². The van der Waals surface area contributed by atoms with Gasteiger partial charge in [0, 0.05) is 13.5 Å². The Morgan fingerprint density at radius 3 is 2.82 bits per heavy atom. The van der Waals surface area contributed by atoms with Crippen molar-refractivity contribution in [3.05, 3.63) is 24.3 Å². The van der Waals surface area contributed by atoms with Crippen molar-refractivity contribution < 1.29 is 14.3 Å². The Balaban J connectivity index is 2.28. The summed E-state index contributed by atoms with van der Waals surface area (Å²) in [5.74, 6) is 0.636. The molecule has 0 fully saturated rings. The zero-order valence-electron chi connectivity index (χ0n) is 10.4. The highest BCUT2D eigenvalue weighted by Gasteiger charge is 2.03. The zero-order chi connectivity index (χ0) is 12.5. The average molecular weight is 237 g/mol. The van der Waals surface area contributed by atoms with E-state index in [0.717, 1.165) is 11.4 Å². The largest absolute Gasteiger partial charge is 0.491 e. The molecule has 17 heavy (non-hydrogen) atoms. The van der Waals surface area contributed by atoms with Gasteiger partial charge >= 0.3 is 5.97 Å². The fourth-order valence-corrected chi connectivity index (χ4v) is 1.43. The lowest BCUT2D eigenvalue weighted by Crippen LogP contribution is -2.07. The maximum absolute atomic E-state index is 11.1. The van der Waals surface area contributed by atoms with Crippen LogP contribution in [0.5, 0.6) is 5.75 Å². The molecule has 0 aliphatic heterocycles. The standard InChI is InChI=1S/C13H19NO3/c1-3-16-13(15)9-6-10-17-12-8-5-4-7-11(12)14-2/h4-5,7-8,14H,3,6,9-10H2,1-2H3. The second-order valence-electron chi connectivity index (χ2n) is 3.50. The van der Waals surface area contributed by atoms with E-state index in [-0.39, 0.29) is 5.97 Å². The molecule has 0 aliphatic carbocycles. The van der Waals surface area contributed by atoms with Crippen LogP contribution in [0.1, 0.15) is 19.8 Å². The van der Waals surface area contributed by atoms with Gasteiger partial charge in [0.15, 0.2) is 0 Å². The second-order valence-corrected chi connectivity index (χ2v) is 3.50. The Morgan fingerprint density at radius 1 is 1.35 bits per heavy atom. The molecule has 1 aromatic rings. The van der Waals surface area contributed by atoms with E-state index in [9.17, 15) is 4.79 Å². The minimum Gasteiger partial charge on any atom is -0.491 e. The first-order valence-electron chi connectivity index (χ1n) is 5.83. The summed E-state index contributed by atoms with van der Waals surface area (Å²) in [6.45, 7) is 2.75. The first-order valence-corrected chi connectivity index (χ1v) is 5.83. The molecule has 0 radical (unpaired) electrons. The molecular weight excluding hydrogens is 218 g/mol. The normalized spacial score (nSPS) is 9.76. The lowest BCUT2D eigenvalue weighted by atomic mass is 10.3. The Bertz CT molecular complexity index is 352.